The first-order valence-corrected chi connectivity index (χ1v) is 11.5. The number of carbonyl (C=O) groups is 1. The summed E-state index contributed by atoms with van der Waals surface area (Å²) in [4.78, 5) is 19.9. The van der Waals surface area contributed by atoms with Gasteiger partial charge in [0.05, 0.1) is 35.1 Å². The average Bonchev–Trinajstić information content (AvgIpc) is 3.34. The molecule has 6 nitrogen and oxygen atoms in total. The predicted octanol–water partition coefficient (Wildman–Crippen LogP) is 6.28. The van der Waals surface area contributed by atoms with E-state index >= 15 is 0 Å². The van der Waals surface area contributed by atoms with Crippen molar-refractivity contribution in [3.63, 3.8) is 0 Å². The third-order valence-corrected chi connectivity index (χ3v) is 6.16. The Morgan fingerprint density at radius 2 is 1.63 bits per heavy atom. The number of rotatable bonds is 4. The van der Waals surface area contributed by atoms with Crippen molar-refractivity contribution in [2.75, 3.05) is 11.4 Å². The summed E-state index contributed by atoms with van der Waals surface area (Å²) in [6.45, 7) is 2.03. The highest BCUT2D eigenvalue weighted by atomic mass is 32.1. The second-order valence-corrected chi connectivity index (χ2v) is 8.62. The van der Waals surface area contributed by atoms with Crippen molar-refractivity contribution in [2.45, 2.75) is 19.1 Å². The molecule has 192 valence electrons. The molecule has 5 rings (SSSR count). The van der Waals surface area contributed by atoms with Crippen molar-refractivity contribution < 1.29 is 18.0 Å². The molecule has 10 heteroatoms. The Hall–Kier alpha value is -4.36. The molecular formula is C28H22F3N5OS. The van der Waals surface area contributed by atoms with Gasteiger partial charge in [0, 0.05) is 23.4 Å². The van der Waals surface area contributed by atoms with Crippen LogP contribution in [0.1, 0.15) is 45.7 Å². The molecule has 0 bridgehead atoms. The third-order valence-electron chi connectivity index (χ3n) is 6.16. The number of aromatic nitrogens is 2. The smallest absolute Gasteiger partial charge is 0.305 e. The number of alkyl halides is 3. The quantitative estimate of drug-likeness (QED) is 0.290. The fourth-order valence-electron chi connectivity index (χ4n) is 4.40. The van der Waals surface area contributed by atoms with Gasteiger partial charge in [0.25, 0.3) is 5.91 Å². The molecule has 38 heavy (non-hydrogen) atoms. The summed E-state index contributed by atoms with van der Waals surface area (Å²) in [5.41, 5.74) is 1.54. The number of anilines is 1. The summed E-state index contributed by atoms with van der Waals surface area (Å²) in [6, 6.07) is 23.5. The van der Waals surface area contributed by atoms with Gasteiger partial charge in [-0.05, 0) is 25.1 Å². The molecule has 0 unspecified atom stereocenters. The van der Waals surface area contributed by atoms with Crippen LogP contribution in [-0.4, -0.2) is 27.9 Å². The van der Waals surface area contributed by atoms with E-state index in [9.17, 15) is 23.2 Å². The molecule has 2 heterocycles. The number of hydrogen-bond donors (Lipinski definition) is 0. The molecule has 1 aliphatic heterocycles. The van der Waals surface area contributed by atoms with Crippen LogP contribution in [0, 0.1) is 11.3 Å². The Balaban J connectivity index is 0.00000336. The van der Waals surface area contributed by atoms with Gasteiger partial charge in [0.2, 0.25) is 0 Å². The van der Waals surface area contributed by atoms with Crippen LogP contribution in [0.25, 0.3) is 0 Å². The minimum absolute atomic E-state index is 0. The molecule has 3 aromatic carbocycles. The van der Waals surface area contributed by atoms with Gasteiger partial charge in [0.15, 0.2) is 5.69 Å². The normalized spacial score (nSPS) is 14.8. The molecule has 0 radical (unpaired) electrons. The van der Waals surface area contributed by atoms with Gasteiger partial charge >= 0.3 is 6.18 Å². The van der Waals surface area contributed by atoms with Crippen LogP contribution in [0.3, 0.4) is 0 Å². The molecule has 0 spiro atoms. The highest BCUT2D eigenvalue weighted by Crippen LogP contribution is 2.36. The zero-order valence-corrected chi connectivity index (χ0v) is 21.1. The van der Waals surface area contributed by atoms with Crippen molar-refractivity contribution in [3.8, 4) is 6.07 Å². The Labute approximate surface area is 224 Å². The molecule has 1 aromatic heterocycles. The molecule has 1 atom stereocenters. The highest BCUT2D eigenvalue weighted by Gasteiger charge is 2.37. The van der Waals surface area contributed by atoms with Gasteiger partial charge in [0.1, 0.15) is 5.69 Å². The van der Waals surface area contributed by atoms with Gasteiger partial charge in [-0.1, -0.05) is 60.7 Å². The van der Waals surface area contributed by atoms with Crippen molar-refractivity contribution in [2.24, 2.45) is 4.99 Å². The fourth-order valence-corrected chi connectivity index (χ4v) is 4.40. The van der Waals surface area contributed by atoms with E-state index in [4.69, 9.17) is 4.99 Å². The van der Waals surface area contributed by atoms with Crippen LogP contribution in [0.5, 0.6) is 0 Å². The predicted molar refractivity (Wildman–Crippen MR) is 143 cm³/mol. The second kappa shape index (κ2) is 10.6. The number of nitrogens with zero attached hydrogens (tertiary/aromatic N) is 5. The van der Waals surface area contributed by atoms with Gasteiger partial charge in [-0.15, -0.1) is 0 Å². The Morgan fingerprint density at radius 1 is 1.03 bits per heavy atom. The number of carbonyl (C=O) groups excluding carboxylic acids is 1. The third kappa shape index (κ3) is 4.93. The van der Waals surface area contributed by atoms with E-state index in [2.05, 4.69) is 5.10 Å². The van der Waals surface area contributed by atoms with E-state index in [0.717, 1.165) is 23.3 Å². The first-order valence-electron chi connectivity index (χ1n) is 11.5. The largest absolute Gasteiger partial charge is 0.417 e. The zero-order valence-electron chi connectivity index (χ0n) is 20.1. The van der Waals surface area contributed by atoms with E-state index in [-0.39, 0.29) is 37.5 Å². The molecule has 0 aliphatic carbocycles. The lowest BCUT2D eigenvalue weighted by Gasteiger charge is -2.32. The van der Waals surface area contributed by atoms with E-state index in [1.807, 2.05) is 67.6 Å². The summed E-state index contributed by atoms with van der Waals surface area (Å²) in [5, 5.41) is 13.7. The van der Waals surface area contributed by atoms with Crippen molar-refractivity contribution >= 4 is 36.5 Å². The summed E-state index contributed by atoms with van der Waals surface area (Å²) in [7, 11) is 0. The average molecular weight is 534 g/mol. The summed E-state index contributed by atoms with van der Waals surface area (Å²) >= 11 is 0. The minimum Gasteiger partial charge on any atom is -0.305 e. The van der Waals surface area contributed by atoms with Gasteiger partial charge in [-0.3, -0.25) is 9.48 Å². The number of nitriles is 1. The lowest BCUT2D eigenvalue weighted by molar-refractivity contribution is -0.137. The van der Waals surface area contributed by atoms with E-state index in [0.29, 0.717) is 11.4 Å². The number of halogens is 3. The second-order valence-electron chi connectivity index (χ2n) is 8.62. The standard InChI is InChI=1S/C28H20F3N5O.H2S/c1-18-17-35(22-12-13-23(28(29,30)31)21(14-22)15-32)27(37)26-24(16-33-36(18)26)34-25(19-8-4-2-5-9-19)20-10-6-3-7-11-20;/h2-14,16,18H,17H2,1H3;1H2/t18-;/m0./s1. The lowest BCUT2D eigenvalue weighted by Crippen LogP contribution is -2.42. The van der Waals surface area contributed by atoms with Crippen LogP contribution < -0.4 is 4.90 Å². The topological polar surface area (TPSA) is 74.3 Å². The number of fused-ring (bicyclic) bond motifs is 1. The Kier molecular flexibility index (Phi) is 7.41. The number of amides is 1. The van der Waals surface area contributed by atoms with Crippen molar-refractivity contribution in [1.29, 1.82) is 5.26 Å². The summed E-state index contributed by atoms with van der Waals surface area (Å²) in [5.74, 6) is -0.460. The monoisotopic (exact) mass is 533 g/mol. The maximum Gasteiger partial charge on any atom is 0.417 e. The van der Waals surface area contributed by atoms with E-state index < -0.39 is 23.2 Å². The van der Waals surface area contributed by atoms with Gasteiger partial charge in [-0.2, -0.15) is 37.0 Å². The molecule has 1 amide bonds. The number of benzene rings is 3. The summed E-state index contributed by atoms with van der Waals surface area (Å²) in [6.07, 6.45) is -3.15. The van der Waals surface area contributed by atoms with Crippen LogP contribution in [0.4, 0.5) is 24.5 Å². The molecule has 0 saturated heterocycles. The van der Waals surface area contributed by atoms with E-state index in [1.165, 1.54) is 17.2 Å². The zero-order chi connectivity index (χ0) is 26.2. The molecule has 4 aromatic rings. The Morgan fingerprint density at radius 3 is 2.18 bits per heavy atom. The molecular weight excluding hydrogens is 511 g/mol. The first-order chi connectivity index (χ1) is 17.8. The molecule has 0 saturated carbocycles. The first kappa shape index (κ1) is 26.7. The van der Waals surface area contributed by atoms with Crippen molar-refractivity contribution in [1.82, 2.24) is 9.78 Å². The lowest BCUT2D eigenvalue weighted by atomic mass is 10.0. The van der Waals surface area contributed by atoms with Gasteiger partial charge < -0.3 is 4.90 Å². The maximum atomic E-state index is 13.7. The molecule has 1 aliphatic rings. The fraction of sp³-hybridized carbons (Fsp3) is 0.143. The summed E-state index contributed by atoms with van der Waals surface area (Å²) < 4.78 is 41.5. The number of aliphatic imine (C=N–C) groups is 1. The highest BCUT2D eigenvalue weighted by molar-refractivity contribution is 7.59. The van der Waals surface area contributed by atoms with Crippen LogP contribution >= 0.6 is 13.5 Å². The van der Waals surface area contributed by atoms with Crippen molar-refractivity contribution in [3.05, 3.63) is 113 Å². The molecule has 0 N–H and O–H groups in total. The SMILES string of the molecule is C[C@H]1CN(c2ccc(C(F)(F)F)c(C#N)c2)C(=O)c2c(N=C(c3ccccc3)c3ccccc3)cnn21.S. The van der Waals surface area contributed by atoms with Crippen LogP contribution in [0.15, 0.2) is 90.1 Å². The van der Waals surface area contributed by atoms with Gasteiger partial charge in [-0.25, -0.2) is 4.99 Å². The Bertz CT molecular complexity index is 1500. The maximum absolute atomic E-state index is 13.7. The van der Waals surface area contributed by atoms with Crippen LogP contribution in [0.2, 0.25) is 0 Å². The number of hydrogen-bond acceptors (Lipinski definition) is 4. The van der Waals surface area contributed by atoms with E-state index in [1.54, 1.807) is 10.8 Å². The minimum atomic E-state index is -4.67. The molecule has 0 fully saturated rings. The van der Waals surface area contributed by atoms with Crippen LogP contribution in [-0.2, 0) is 6.18 Å².